The molecule has 2 aromatic heterocycles. The second-order valence-electron chi connectivity index (χ2n) is 5.75. The Morgan fingerprint density at radius 1 is 1.08 bits per heavy atom. The second-order valence-corrected chi connectivity index (χ2v) is 6.73. The number of hydrogen-bond donors (Lipinski definition) is 1. The predicted octanol–water partition coefficient (Wildman–Crippen LogP) is 4.58. The van der Waals surface area contributed by atoms with Crippen LogP contribution in [0.25, 0.3) is 0 Å². The summed E-state index contributed by atoms with van der Waals surface area (Å²) in [4.78, 5) is 5.35. The molecule has 1 aromatic carbocycles. The van der Waals surface area contributed by atoms with Crippen molar-refractivity contribution in [3.05, 3.63) is 76.2 Å². The summed E-state index contributed by atoms with van der Waals surface area (Å²) in [5, 5.41) is 5.64. The maximum atomic E-state index is 5.88. The molecule has 0 saturated heterocycles. The third-order valence-electron chi connectivity index (χ3n) is 3.95. The fourth-order valence-electron chi connectivity index (χ4n) is 2.49. The number of pyridine rings is 1. The van der Waals surface area contributed by atoms with Crippen molar-refractivity contribution in [3.63, 3.8) is 0 Å². The lowest BCUT2D eigenvalue weighted by Gasteiger charge is -2.15. The lowest BCUT2D eigenvalue weighted by molar-refractivity contribution is 0.284. The van der Waals surface area contributed by atoms with E-state index < -0.39 is 0 Å². The van der Waals surface area contributed by atoms with Crippen molar-refractivity contribution in [2.45, 2.75) is 26.1 Å². The van der Waals surface area contributed by atoms with Crippen LogP contribution in [0.1, 0.15) is 29.0 Å². The number of benzene rings is 1. The molecule has 1 atom stereocenters. The zero-order valence-electron chi connectivity index (χ0n) is 14.4. The van der Waals surface area contributed by atoms with Crippen molar-refractivity contribution < 1.29 is 9.47 Å². The molecule has 25 heavy (non-hydrogen) atoms. The van der Waals surface area contributed by atoms with Gasteiger partial charge in [0.05, 0.1) is 7.11 Å². The molecule has 0 aliphatic rings. The first-order chi connectivity index (χ1) is 12.3. The fraction of sp³-hybridized carbons (Fsp3) is 0.250. The number of hydrogen-bond acceptors (Lipinski definition) is 5. The number of nitrogens with zero attached hydrogens (tertiary/aromatic N) is 1. The monoisotopic (exact) mass is 354 g/mol. The van der Waals surface area contributed by atoms with E-state index in [9.17, 15) is 0 Å². The van der Waals surface area contributed by atoms with Gasteiger partial charge in [-0.3, -0.25) is 4.98 Å². The summed E-state index contributed by atoms with van der Waals surface area (Å²) < 4.78 is 11.4. The highest BCUT2D eigenvalue weighted by Gasteiger charge is 2.09. The van der Waals surface area contributed by atoms with Gasteiger partial charge in [0.1, 0.15) is 6.61 Å². The molecule has 3 aromatic rings. The van der Waals surface area contributed by atoms with Crippen molar-refractivity contribution in [1.82, 2.24) is 10.3 Å². The van der Waals surface area contributed by atoms with Gasteiger partial charge in [0, 0.05) is 29.9 Å². The molecule has 0 bridgehead atoms. The van der Waals surface area contributed by atoms with Crippen LogP contribution in [0.3, 0.4) is 0 Å². The third-order valence-corrected chi connectivity index (χ3v) is 5.01. The number of rotatable bonds is 8. The highest BCUT2D eigenvalue weighted by Crippen LogP contribution is 2.29. The number of aromatic nitrogens is 1. The Hall–Kier alpha value is -2.37. The van der Waals surface area contributed by atoms with Gasteiger partial charge in [0.15, 0.2) is 11.5 Å². The van der Waals surface area contributed by atoms with E-state index in [0.29, 0.717) is 12.6 Å². The minimum Gasteiger partial charge on any atom is -0.493 e. The highest BCUT2D eigenvalue weighted by molar-refractivity contribution is 7.10. The first-order valence-electron chi connectivity index (χ1n) is 8.21. The lowest BCUT2D eigenvalue weighted by Crippen LogP contribution is -2.17. The van der Waals surface area contributed by atoms with Crippen LogP contribution in [0.5, 0.6) is 11.5 Å². The number of nitrogens with one attached hydrogen (secondary N) is 1. The molecule has 0 aliphatic heterocycles. The van der Waals surface area contributed by atoms with Crippen LogP contribution >= 0.6 is 11.3 Å². The standard InChI is InChI=1S/C20H22N2O2S/c1-15(20-4-3-11-25-20)22-13-17-5-6-18(19(12-17)23-2)24-14-16-7-9-21-10-8-16/h3-12,15,22H,13-14H2,1-2H3. The maximum Gasteiger partial charge on any atom is 0.161 e. The topological polar surface area (TPSA) is 43.4 Å². The zero-order valence-corrected chi connectivity index (χ0v) is 15.3. The third kappa shape index (κ3) is 4.81. The van der Waals surface area contributed by atoms with Crippen molar-refractivity contribution in [1.29, 1.82) is 0 Å². The zero-order chi connectivity index (χ0) is 17.5. The predicted molar refractivity (Wildman–Crippen MR) is 101 cm³/mol. The Bertz CT molecular complexity index is 776. The van der Waals surface area contributed by atoms with E-state index in [1.807, 2.05) is 24.3 Å². The molecule has 5 heteroatoms. The summed E-state index contributed by atoms with van der Waals surface area (Å²) >= 11 is 1.77. The molecule has 0 aliphatic carbocycles. The van der Waals surface area contributed by atoms with E-state index in [1.165, 1.54) is 4.88 Å². The lowest BCUT2D eigenvalue weighted by atomic mass is 10.2. The van der Waals surface area contributed by atoms with Crippen molar-refractivity contribution in [2.75, 3.05) is 7.11 Å². The van der Waals surface area contributed by atoms with Crippen LogP contribution in [-0.2, 0) is 13.2 Å². The molecule has 0 radical (unpaired) electrons. The second kappa shape index (κ2) is 8.65. The van der Waals surface area contributed by atoms with Crippen molar-refractivity contribution in [3.8, 4) is 11.5 Å². The van der Waals surface area contributed by atoms with Gasteiger partial charge in [-0.2, -0.15) is 0 Å². The first-order valence-corrected chi connectivity index (χ1v) is 9.09. The van der Waals surface area contributed by atoms with Gasteiger partial charge >= 0.3 is 0 Å². The van der Waals surface area contributed by atoms with Crippen LogP contribution in [0, 0.1) is 0 Å². The summed E-state index contributed by atoms with van der Waals surface area (Å²) in [5.41, 5.74) is 2.24. The Morgan fingerprint density at radius 3 is 2.64 bits per heavy atom. The van der Waals surface area contributed by atoms with Gasteiger partial charge in [0.2, 0.25) is 0 Å². The van der Waals surface area contributed by atoms with Gasteiger partial charge in [-0.25, -0.2) is 0 Å². The quantitative estimate of drug-likeness (QED) is 0.643. The molecule has 130 valence electrons. The normalized spacial score (nSPS) is 11.9. The average molecular weight is 354 g/mol. The molecule has 1 N–H and O–H groups in total. The molecule has 2 heterocycles. The highest BCUT2D eigenvalue weighted by atomic mass is 32.1. The molecular formula is C20H22N2O2S. The molecular weight excluding hydrogens is 332 g/mol. The maximum absolute atomic E-state index is 5.88. The summed E-state index contributed by atoms with van der Waals surface area (Å²) in [6.45, 7) is 3.45. The van der Waals surface area contributed by atoms with Crippen LogP contribution in [-0.4, -0.2) is 12.1 Å². The molecule has 0 saturated carbocycles. The van der Waals surface area contributed by atoms with E-state index >= 15 is 0 Å². The molecule has 0 spiro atoms. The van der Waals surface area contributed by atoms with Crippen LogP contribution in [0.15, 0.2) is 60.2 Å². The van der Waals surface area contributed by atoms with E-state index in [0.717, 1.165) is 29.2 Å². The number of thiophene rings is 1. The molecule has 0 amide bonds. The first kappa shape index (κ1) is 17.5. The van der Waals surface area contributed by atoms with E-state index in [4.69, 9.17) is 9.47 Å². The van der Waals surface area contributed by atoms with Crippen LogP contribution in [0.4, 0.5) is 0 Å². The number of ether oxygens (including phenoxy) is 2. The van der Waals surface area contributed by atoms with Crippen molar-refractivity contribution in [2.24, 2.45) is 0 Å². The van der Waals surface area contributed by atoms with E-state index in [2.05, 4.69) is 40.8 Å². The van der Waals surface area contributed by atoms with Crippen molar-refractivity contribution >= 4 is 11.3 Å². The number of methoxy groups -OCH3 is 1. The SMILES string of the molecule is COc1cc(CNC(C)c2cccs2)ccc1OCc1ccncc1. The molecule has 3 rings (SSSR count). The van der Waals surface area contributed by atoms with Gasteiger partial charge in [-0.15, -0.1) is 11.3 Å². The Kier molecular flexibility index (Phi) is 6.04. The van der Waals surface area contributed by atoms with Gasteiger partial charge in [-0.1, -0.05) is 12.1 Å². The summed E-state index contributed by atoms with van der Waals surface area (Å²) in [5.74, 6) is 1.49. The van der Waals surface area contributed by atoms with E-state index in [1.54, 1.807) is 30.8 Å². The van der Waals surface area contributed by atoms with Crippen LogP contribution in [0.2, 0.25) is 0 Å². The smallest absolute Gasteiger partial charge is 0.161 e. The van der Waals surface area contributed by atoms with E-state index in [-0.39, 0.29) is 0 Å². The molecule has 4 nitrogen and oxygen atoms in total. The Morgan fingerprint density at radius 2 is 1.92 bits per heavy atom. The molecule has 0 fully saturated rings. The minimum atomic E-state index is 0.327. The average Bonchev–Trinajstić information content (AvgIpc) is 3.20. The summed E-state index contributed by atoms with van der Waals surface area (Å²) in [6.07, 6.45) is 3.53. The van der Waals surface area contributed by atoms with Gasteiger partial charge in [-0.05, 0) is 53.8 Å². The van der Waals surface area contributed by atoms with Gasteiger partial charge < -0.3 is 14.8 Å². The Labute approximate surface area is 152 Å². The van der Waals surface area contributed by atoms with Crippen LogP contribution < -0.4 is 14.8 Å². The fourth-order valence-corrected chi connectivity index (χ4v) is 3.25. The summed E-state index contributed by atoms with van der Waals surface area (Å²) in [7, 11) is 1.67. The summed E-state index contributed by atoms with van der Waals surface area (Å²) in [6, 6.07) is 14.5. The van der Waals surface area contributed by atoms with Gasteiger partial charge in [0.25, 0.3) is 0 Å². The largest absolute Gasteiger partial charge is 0.493 e. The minimum absolute atomic E-state index is 0.327. The Balaban J connectivity index is 1.61. The molecule has 1 unspecified atom stereocenters.